The Labute approximate surface area is 77.1 Å². The molecule has 1 aliphatic carbocycles. The molecule has 13 heavy (non-hydrogen) atoms. The highest BCUT2D eigenvalue weighted by atomic mass is 32.2. The first-order valence-electron chi connectivity index (χ1n) is 3.88. The molecule has 76 valence electrons. The fraction of sp³-hybridized carbons (Fsp3) is 0.857. The predicted molar refractivity (Wildman–Crippen MR) is 44.5 cm³/mol. The van der Waals surface area contributed by atoms with Crippen molar-refractivity contribution in [2.24, 2.45) is 5.92 Å². The van der Waals surface area contributed by atoms with Crippen LogP contribution in [-0.2, 0) is 23.8 Å². The number of hydrogen-bond donors (Lipinski definition) is 0. The minimum Gasteiger partial charge on any atom is -0.469 e. The molecule has 0 radical (unpaired) electrons. The van der Waals surface area contributed by atoms with Crippen LogP contribution in [0.4, 0.5) is 0 Å². The SMILES string of the molecule is COC(=O)[C@H]1C[C@@H](OS(C)(=O)=O)C1. The monoisotopic (exact) mass is 208 g/mol. The van der Waals surface area contributed by atoms with E-state index in [-0.39, 0.29) is 18.0 Å². The summed E-state index contributed by atoms with van der Waals surface area (Å²) in [4.78, 5) is 10.9. The van der Waals surface area contributed by atoms with Crippen LogP contribution in [0.2, 0.25) is 0 Å². The number of rotatable bonds is 3. The maximum atomic E-state index is 10.9. The molecule has 0 heterocycles. The van der Waals surface area contributed by atoms with Crippen LogP contribution in [0.1, 0.15) is 12.8 Å². The highest BCUT2D eigenvalue weighted by molar-refractivity contribution is 7.86. The van der Waals surface area contributed by atoms with Gasteiger partial charge in [0.05, 0.1) is 25.4 Å². The van der Waals surface area contributed by atoms with Gasteiger partial charge in [-0.25, -0.2) is 0 Å². The average molecular weight is 208 g/mol. The molecule has 6 heteroatoms. The van der Waals surface area contributed by atoms with Crippen molar-refractivity contribution in [2.45, 2.75) is 18.9 Å². The van der Waals surface area contributed by atoms with Crippen LogP contribution in [0, 0.1) is 5.92 Å². The fourth-order valence-electron chi connectivity index (χ4n) is 1.25. The van der Waals surface area contributed by atoms with E-state index in [0.29, 0.717) is 12.8 Å². The molecular weight excluding hydrogens is 196 g/mol. The zero-order valence-corrected chi connectivity index (χ0v) is 8.33. The molecule has 0 aliphatic heterocycles. The van der Waals surface area contributed by atoms with Crippen LogP contribution >= 0.6 is 0 Å². The zero-order valence-electron chi connectivity index (χ0n) is 7.52. The van der Waals surface area contributed by atoms with Gasteiger partial charge in [0, 0.05) is 0 Å². The molecule has 5 nitrogen and oxygen atoms in total. The lowest BCUT2D eigenvalue weighted by atomic mass is 9.83. The van der Waals surface area contributed by atoms with Gasteiger partial charge >= 0.3 is 5.97 Å². The minimum atomic E-state index is -3.39. The van der Waals surface area contributed by atoms with E-state index in [1.807, 2.05) is 0 Å². The maximum absolute atomic E-state index is 10.9. The van der Waals surface area contributed by atoms with Crippen LogP contribution in [0.25, 0.3) is 0 Å². The summed E-state index contributed by atoms with van der Waals surface area (Å²) >= 11 is 0. The standard InChI is InChI=1S/C7H12O5S/c1-11-7(8)5-3-6(4-5)12-13(2,9)10/h5-6H,3-4H2,1-2H3/t5-,6+. The van der Waals surface area contributed by atoms with Crippen molar-refractivity contribution in [1.29, 1.82) is 0 Å². The van der Waals surface area contributed by atoms with E-state index in [2.05, 4.69) is 8.92 Å². The quantitative estimate of drug-likeness (QED) is 0.479. The molecule has 1 fully saturated rings. The summed E-state index contributed by atoms with van der Waals surface area (Å²) in [6.07, 6.45) is 1.51. The largest absolute Gasteiger partial charge is 0.469 e. The molecule has 0 aromatic rings. The molecule has 0 aromatic carbocycles. The lowest BCUT2D eigenvalue weighted by Gasteiger charge is -2.31. The van der Waals surface area contributed by atoms with Crippen molar-refractivity contribution >= 4 is 16.1 Å². The van der Waals surface area contributed by atoms with Gasteiger partial charge in [-0.3, -0.25) is 8.98 Å². The Hall–Kier alpha value is -0.620. The Morgan fingerprint density at radius 1 is 1.38 bits per heavy atom. The van der Waals surface area contributed by atoms with Crippen LogP contribution in [0.5, 0.6) is 0 Å². The molecule has 0 unspecified atom stereocenters. The number of hydrogen-bond acceptors (Lipinski definition) is 5. The van der Waals surface area contributed by atoms with Crippen molar-refractivity contribution in [1.82, 2.24) is 0 Å². The van der Waals surface area contributed by atoms with Gasteiger partial charge in [0.15, 0.2) is 0 Å². The molecule has 1 saturated carbocycles. The summed E-state index contributed by atoms with van der Waals surface area (Å²) in [7, 11) is -2.08. The Morgan fingerprint density at radius 2 is 1.92 bits per heavy atom. The predicted octanol–water partition coefficient (Wildman–Crippen LogP) is -0.0858. The van der Waals surface area contributed by atoms with E-state index >= 15 is 0 Å². The van der Waals surface area contributed by atoms with Crippen molar-refractivity contribution in [2.75, 3.05) is 13.4 Å². The summed E-state index contributed by atoms with van der Waals surface area (Å²) in [6.45, 7) is 0. The van der Waals surface area contributed by atoms with Crippen LogP contribution < -0.4 is 0 Å². The molecule has 0 amide bonds. The van der Waals surface area contributed by atoms with E-state index in [0.717, 1.165) is 6.26 Å². The number of carbonyl (C=O) groups excluding carboxylic acids is 1. The van der Waals surface area contributed by atoms with Crippen LogP contribution in [-0.4, -0.2) is 33.9 Å². The molecular formula is C7H12O5S. The van der Waals surface area contributed by atoms with Gasteiger partial charge in [0.1, 0.15) is 0 Å². The van der Waals surface area contributed by atoms with Crippen molar-refractivity contribution < 1.29 is 22.1 Å². The van der Waals surface area contributed by atoms with Crippen LogP contribution in [0.3, 0.4) is 0 Å². The van der Waals surface area contributed by atoms with Crippen molar-refractivity contribution in [3.8, 4) is 0 Å². The van der Waals surface area contributed by atoms with E-state index < -0.39 is 10.1 Å². The zero-order chi connectivity index (χ0) is 10.1. The van der Waals surface area contributed by atoms with E-state index in [1.165, 1.54) is 7.11 Å². The fourth-order valence-corrected chi connectivity index (χ4v) is 1.90. The number of esters is 1. The second-order valence-electron chi connectivity index (χ2n) is 3.11. The van der Waals surface area contributed by atoms with Gasteiger partial charge in [-0.2, -0.15) is 8.42 Å². The Kier molecular flexibility index (Phi) is 2.92. The van der Waals surface area contributed by atoms with E-state index in [4.69, 9.17) is 0 Å². The third-order valence-electron chi connectivity index (χ3n) is 1.94. The van der Waals surface area contributed by atoms with Gasteiger partial charge < -0.3 is 4.74 Å². The summed E-state index contributed by atoms with van der Waals surface area (Å²) in [5, 5.41) is 0. The number of carbonyl (C=O) groups is 1. The molecule has 1 aliphatic rings. The lowest BCUT2D eigenvalue weighted by molar-refractivity contribution is -0.151. The van der Waals surface area contributed by atoms with Gasteiger partial charge in [-0.05, 0) is 12.8 Å². The summed E-state index contributed by atoms with van der Waals surface area (Å²) in [5.74, 6) is -0.495. The Balaban J connectivity index is 2.30. The van der Waals surface area contributed by atoms with Gasteiger partial charge in [0.2, 0.25) is 0 Å². The third kappa shape index (κ3) is 2.96. The number of ether oxygens (including phenoxy) is 1. The molecule has 0 spiro atoms. The molecule has 1 rings (SSSR count). The van der Waals surface area contributed by atoms with E-state index in [1.54, 1.807) is 0 Å². The second-order valence-corrected chi connectivity index (χ2v) is 4.71. The summed E-state index contributed by atoms with van der Waals surface area (Å²) in [6, 6.07) is 0. The molecule has 0 aromatic heterocycles. The first kappa shape index (κ1) is 10.5. The first-order valence-corrected chi connectivity index (χ1v) is 5.70. The van der Waals surface area contributed by atoms with Crippen molar-refractivity contribution in [3.63, 3.8) is 0 Å². The summed E-state index contributed by atoms with van der Waals surface area (Å²) in [5.41, 5.74) is 0. The first-order chi connectivity index (χ1) is 5.92. The molecule has 0 N–H and O–H groups in total. The average Bonchev–Trinajstić information content (AvgIpc) is 1.92. The molecule has 0 bridgehead atoms. The Bertz CT molecular complexity index is 288. The number of methoxy groups -OCH3 is 1. The summed E-state index contributed by atoms with van der Waals surface area (Å²) < 4.78 is 30.4. The normalized spacial score (nSPS) is 27.8. The topological polar surface area (TPSA) is 69.7 Å². The van der Waals surface area contributed by atoms with E-state index in [9.17, 15) is 13.2 Å². The Morgan fingerprint density at radius 3 is 2.31 bits per heavy atom. The minimum absolute atomic E-state index is 0.197. The second kappa shape index (κ2) is 3.63. The van der Waals surface area contributed by atoms with Gasteiger partial charge in [-0.15, -0.1) is 0 Å². The highest BCUT2D eigenvalue weighted by Crippen LogP contribution is 2.31. The lowest BCUT2D eigenvalue weighted by Crippen LogP contribution is -2.38. The van der Waals surface area contributed by atoms with Crippen molar-refractivity contribution in [3.05, 3.63) is 0 Å². The van der Waals surface area contributed by atoms with Crippen LogP contribution in [0.15, 0.2) is 0 Å². The van der Waals surface area contributed by atoms with Gasteiger partial charge in [-0.1, -0.05) is 0 Å². The maximum Gasteiger partial charge on any atom is 0.308 e. The van der Waals surface area contributed by atoms with Gasteiger partial charge in [0.25, 0.3) is 10.1 Å². The highest BCUT2D eigenvalue weighted by Gasteiger charge is 2.37. The third-order valence-corrected chi connectivity index (χ3v) is 2.56. The molecule has 0 saturated heterocycles. The molecule has 0 atom stereocenters. The smallest absolute Gasteiger partial charge is 0.308 e.